The lowest BCUT2D eigenvalue weighted by Gasteiger charge is -2.28. The number of hydrogen-bond donors (Lipinski definition) is 0. The highest BCUT2D eigenvalue weighted by Crippen LogP contribution is 2.30. The number of amides is 2. The van der Waals surface area contributed by atoms with Gasteiger partial charge in [0.25, 0.3) is 5.91 Å². The minimum Gasteiger partial charge on any atom is -0.497 e. The third-order valence-corrected chi connectivity index (χ3v) is 6.58. The SMILES string of the molecule is COc1cc(OC)cc(C(=O)N(CC(=O)N(Cc2ccc(F)cc2)Cc2cccs2)C2CC2)c1. The van der Waals surface area contributed by atoms with Gasteiger partial charge in [0.15, 0.2) is 0 Å². The molecule has 0 bridgehead atoms. The third kappa shape index (κ3) is 5.94. The fourth-order valence-electron chi connectivity index (χ4n) is 3.73. The Morgan fingerprint density at radius 3 is 2.24 bits per heavy atom. The molecule has 6 nitrogen and oxygen atoms in total. The Balaban J connectivity index is 1.55. The van der Waals surface area contributed by atoms with E-state index in [9.17, 15) is 14.0 Å². The predicted molar refractivity (Wildman–Crippen MR) is 129 cm³/mol. The predicted octanol–water partition coefficient (Wildman–Crippen LogP) is 4.74. The van der Waals surface area contributed by atoms with Gasteiger partial charge < -0.3 is 19.3 Å². The van der Waals surface area contributed by atoms with E-state index in [-0.39, 0.29) is 30.2 Å². The minimum atomic E-state index is -0.320. The van der Waals surface area contributed by atoms with Crippen molar-refractivity contribution in [3.63, 3.8) is 0 Å². The van der Waals surface area contributed by atoms with E-state index in [1.54, 1.807) is 51.5 Å². The van der Waals surface area contributed by atoms with Crippen molar-refractivity contribution in [2.24, 2.45) is 0 Å². The van der Waals surface area contributed by atoms with Crippen molar-refractivity contribution < 1.29 is 23.5 Å². The molecule has 1 aliphatic rings. The second-order valence-corrected chi connectivity index (χ2v) is 9.25. The first kappa shape index (κ1) is 23.8. The summed E-state index contributed by atoms with van der Waals surface area (Å²) < 4.78 is 24.0. The van der Waals surface area contributed by atoms with Crippen molar-refractivity contribution >= 4 is 23.2 Å². The molecule has 0 radical (unpaired) electrons. The van der Waals surface area contributed by atoms with E-state index in [2.05, 4.69) is 0 Å². The molecule has 1 heterocycles. The van der Waals surface area contributed by atoms with Crippen LogP contribution in [-0.4, -0.2) is 48.4 Å². The Bertz CT molecular complexity index is 1110. The number of benzene rings is 2. The van der Waals surface area contributed by atoms with Gasteiger partial charge >= 0.3 is 0 Å². The van der Waals surface area contributed by atoms with Gasteiger partial charge in [0.1, 0.15) is 23.9 Å². The number of nitrogens with zero attached hydrogens (tertiary/aromatic N) is 2. The molecule has 0 unspecified atom stereocenters. The van der Waals surface area contributed by atoms with Crippen LogP contribution in [0.2, 0.25) is 0 Å². The average Bonchev–Trinajstić information content (AvgIpc) is 3.57. The van der Waals surface area contributed by atoms with Crippen molar-refractivity contribution in [1.82, 2.24) is 9.80 Å². The van der Waals surface area contributed by atoms with Crippen LogP contribution in [0.3, 0.4) is 0 Å². The lowest BCUT2D eigenvalue weighted by Crippen LogP contribution is -2.43. The molecule has 2 aromatic carbocycles. The van der Waals surface area contributed by atoms with Crippen LogP contribution >= 0.6 is 11.3 Å². The van der Waals surface area contributed by atoms with Gasteiger partial charge in [0, 0.05) is 29.1 Å². The molecular weight excluding hydrogens is 455 g/mol. The number of methoxy groups -OCH3 is 2. The van der Waals surface area contributed by atoms with Crippen LogP contribution in [0.1, 0.15) is 33.6 Å². The third-order valence-electron chi connectivity index (χ3n) is 5.72. The molecule has 4 rings (SSSR count). The molecule has 0 atom stereocenters. The van der Waals surface area contributed by atoms with Gasteiger partial charge in [0.05, 0.1) is 20.8 Å². The van der Waals surface area contributed by atoms with E-state index in [1.807, 2.05) is 17.5 Å². The Morgan fingerprint density at radius 1 is 1.00 bits per heavy atom. The topological polar surface area (TPSA) is 59.1 Å². The molecular formula is C26H27FN2O4S. The van der Waals surface area contributed by atoms with Crippen LogP contribution in [-0.2, 0) is 17.9 Å². The standard InChI is InChI=1S/C26H27FN2O4S/c1-32-22-12-19(13-23(14-22)33-2)26(31)29(21-9-10-21)17-25(30)28(16-24-4-3-11-34-24)15-18-5-7-20(27)8-6-18/h3-8,11-14,21H,9-10,15-17H2,1-2H3. The first-order chi connectivity index (χ1) is 16.5. The fraction of sp³-hybridized carbons (Fsp3) is 0.308. The van der Waals surface area contributed by atoms with Gasteiger partial charge in [-0.1, -0.05) is 18.2 Å². The highest BCUT2D eigenvalue weighted by atomic mass is 32.1. The maximum atomic E-state index is 13.5. The summed E-state index contributed by atoms with van der Waals surface area (Å²) in [6.45, 7) is 0.722. The molecule has 1 fully saturated rings. The summed E-state index contributed by atoms with van der Waals surface area (Å²) >= 11 is 1.57. The summed E-state index contributed by atoms with van der Waals surface area (Å²) in [5.74, 6) is 0.318. The molecule has 2 amide bonds. The van der Waals surface area contributed by atoms with Crippen molar-refractivity contribution in [1.29, 1.82) is 0 Å². The highest BCUT2D eigenvalue weighted by molar-refractivity contribution is 7.09. The summed E-state index contributed by atoms with van der Waals surface area (Å²) in [6, 6.07) is 15.1. The first-order valence-electron chi connectivity index (χ1n) is 11.1. The normalized spacial score (nSPS) is 12.8. The molecule has 8 heteroatoms. The second-order valence-electron chi connectivity index (χ2n) is 8.22. The van der Waals surface area contributed by atoms with Crippen LogP contribution < -0.4 is 9.47 Å². The number of hydrogen-bond acceptors (Lipinski definition) is 5. The first-order valence-corrected chi connectivity index (χ1v) is 11.9. The summed E-state index contributed by atoms with van der Waals surface area (Å²) in [6.07, 6.45) is 1.73. The van der Waals surface area contributed by atoms with Gasteiger partial charge in [-0.3, -0.25) is 9.59 Å². The zero-order chi connectivity index (χ0) is 24.1. The summed E-state index contributed by atoms with van der Waals surface area (Å²) in [7, 11) is 3.06. The Hall–Kier alpha value is -3.39. The molecule has 34 heavy (non-hydrogen) atoms. The second kappa shape index (κ2) is 10.7. The largest absolute Gasteiger partial charge is 0.497 e. The highest BCUT2D eigenvalue weighted by Gasteiger charge is 2.35. The van der Waals surface area contributed by atoms with Gasteiger partial charge in [-0.05, 0) is 54.1 Å². The molecule has 1 saturated carbocycles. The van der Waals surface area contributed by atoms with E-state index in [0.29, 0.717) is 30.2 Å². The molecule has 1 aliphatic carbocycles. The van der Waals surface area contributed by atoms with Crippen LogP contribution in [0.4, 0.5) is 4.39 Å². The molecule has 0 spiro atoms. The number of rotatable bonds is 10. The van der Waals surface area contributed by atoms with E-state index >= 15 is 0 Å². The molecule has 178 valence electrons. The Morgan fingerprint density at radius 2 is 1.68 bits per heavy atom. The molecule has 0 aliphatic heterocycles. The van der Waals surface area contributed by atoms with Gasteiger partial charge in [-0.25, -0.2) is 4.39 Å². The Kier molecular flexibility index (Phi) is 7.47. The van der Waals surface area contributed by atoms with Gasteiger partial charge in [0.2, 0.25) is 5.91 Å². The monoisotopic (exact) mass is 482 g/mol. The van der Waals surface area contributed by atoms with Gasteiger partial charge in [-0.15, -0.1) is 11.3 Å². The minimum absolute atomic E-state index is 0.0306. The summed E-state index contributed by atoms with van der Waals surface area (Å²) in [5, 5.41) is 1.96. The summed E-state index contributed by atoms with van der Waals surface area (Å²) in [5.41, 5.74) is 1.24. The number of halogens is 1. The van der Waals surface area contributed by atoms with E-state index in [4.69, 9.17) is 9.47 Å². The number of thiophene rings is 1. The van der Waals surface area contributed by atoms with E-state index < -0.39 is 0 Å². The van der Waals surface area contributed by atoms with Crippen molar-refractivity contribution in [2.75, 3.05) is 20.8 Å². The number of ether oxygens (including phenoxy) is 2. The van der Waals surface area contributed by atoms with Gasteiger partial charge in [-0.2, -0.15) is 0 Å². The number of carbonyl (C=O) groups is 2. The zero-order valence-corrected chi connectivity index (χ0v) is 20.0. The maximum absolute atomic E-state index is 13.5. The number of carbonyl (C=O) groups excluding carboxylic acids is 2. The maximum Gasteiger partial charge on any atom is 0.254 e. The zero-order valence-electron chi connectivity index (χ0n) is 19.2. The summed E-state index contributed by atoms with van der Waals surface area (Å²) in [4.78, 5) is 31.3. The molecule has 0 saturated heterocycles. The fourth-order valence-corrected chi connectivity index (χ4v) is 4.45. The smallest absolute Gasteiger partial charge is 0.254 e. The Labute approximate surface area is 202 Å². The van der Waals surface area contributed by atoms with E-state index in [0.717, 1.165) is 23.3 Å². The van der Waals surface area contributed by atoms with Crippen LogP contribution in [0.5, 0.6) is 11.5 Å². The quantitative estimate of drug-likeness (QED) is 0.419. The average molecular weight is 483 g/mol. The lowest BCUT2D eigenvalue weighted by molar-refractivity contribution is -0.133. The van der Waals surface area contributed by atoms with Crippen LogP contribution in [0.15, 0.2) is 60.0 Å². The van der Waals surface area contributed by atoms with Crippen molar-refractivity contribution in [3.05, 3.63) is 81.8 Å². The van der Waals surface area contributed by atoms with Crippen molar-refractivity contribution in [3.8, 4) is 11.5 Å². The molecule has 1 aromatic heterocycles. The molecule has 0 N–H and O–H groups in total. The van der Waals surface area contributed by atoms with Crippen LogP contribution in [0, 0.1) is 5.82 Å². The van der Waals surface area contributed by atoms with Crippen LogP contribution in [0.25, 0.3) is 0 Å². The van der Waals surface area contributed by atoms with Crippen molar-refractivity contribution in [2.45, 2.75) is 32.0 Å². The molecule has 3 aromatic rings. The van der Waals surface area contributed by atoms with E-state index in [1.165, 1.54) is 26.4 Å². The lowest BCUT2D eigenvalue weighted by atomic mass is 10.1.